The predicted octanol–water partition coefficient (Wildman–Crippen LogP) is 4.02. The third kappa shape index (κ3) is 3.54. The van der Waals surface area contributed by atoms with Crippen LogP contribution >= 0.6 is 0 Å². The molecule has 2 aromatic rings. The van der Waals surface area contributed by atoms with E-state index < -0.39 is 0 Å². The highest BCUT2D eigenvalue weighted by molar-refractivity contribution is 5.49. The third-order valence-corrected chi connectivity index (χ3v) is 3.43. The summed E-state index contributed by atoms with van der Waals surface area (Å²) in [5, 5.41) is 6.51. The molecule has 114 valence electrons. The third-order valence-electron chi connectivity index (χ3n) is 3.43. The van der Waals surface area contributed by atoms with Crippen molar-refractivity contribution in [2.24, 2.45) is 0 Å². The second-order valence-corrected chi connectivity index (χ2v) is 5.64. The van der Waals surface area contributed by atoms with E-state index in [1.54, 1.807) is 0 Å². The Balaban J connectivity index is 2.26. The zero-order valence-corrected chi connectivity index (χ0v) is 13.6. The van der Waals surface area contributed by atoms with Gasteiger partial charge in [0.2, 0.25) is 0 Å². The Morgan fingerprint density at radius 1 is 1.05 bits per heavy atom. The fourth-order valence-corrected chi connectivity index (χ4v) is 2.31. The lowest BCUT2D eigenvalue weighted by Gasteiger charge is -2.16. The summed E-state index contributed by atoms with van der Waals surface area (Å²) in [5.74, 6) is 4.63. The molecule has 1 unspecified atom stereocenters. The maximum atomic E-state index is 5.60. The zero-order valence-electron chi connectivity index (χ0n) is 13.6. The Kier molecular flexibility index (Phi) is 4.50. The molecule has 2 rings (SSSR count). The number of rotatable bonds is 5. The van der Waals surface area contributed by atoms with Crippen molar-refractivity contribution in [2.45, 2.75) is 46.6 Å². The first kappa shape index (κ1) is 15.4. The topological polar surface area (TPSA) is 63.0 Å². The molecule has 0 aliphatic rings. The van der Waals surface area contributed by atoms with Crippen LogP contribution in [0.1, 0.15) is 55.6 Å². The lowest BCUT2D eigenvalue weighted by molar-refractivity contribution is 0.499. The van der Waals surface area contributed by atoms with Gasteiger partial charge in [-0.05, 0) is 26.8 Å². The van der Waals surface area contributed by atoms with E-state index in [1.807, 2.05) is 27.0 Å². The van der Waals surface area contributed by atoms with Crippen molar-refractivity contribution in [1.29, 1.82) is 0 Å². The number of aryl methyl sites for hydroxylation is 2. The van der Waals surface area contributed by atoms with Crippen molar-refractivity contribution in [3.05, 3.63) is 35.0 Å². The van der Waals surface area contributed by atoms with Crippen molar-refractivity contribution >= 4 is 11.6 Å². The molecule has 0 saturated heterocycles. The molecular formula is C16H24N4O. The molecule has 0 fully saturated rings. The molecular weight excluding hydrogens is 264 g/mol. The van der Waals surface area contributed by atoms with Gasteiger partial charge in [0.1, 0.15) is 29.0 Å². The van der Waals surface area contributed by atoms with Gasteiger partial charge in [-0.15, -0.1) is 0 Å². The monoisotopic (exact) mass is 288 g/mol. The van der Waals surface area contributed by atoms with E-state index >= 15 is 0 Å². The summed E-state index contributed by atoms with van der Waals surface area (Å²) in [5.41, 5.74) is 1.16. The van der Waals surface area contributed by atoms with Crippen LogP contribution in [-0.4, -0.2) is 17.0 Å². The summed E-state index contributed by atoms with van der Waals surface area (Å²) in [6.45, 7) is 10.2. The molecule has 0 radical (unpaired) electrons. The van der Waals surface area contributed by atoms with Crippen LogP contribution in [0, 0.1) is 13.8 Å². The van der Waals surface area contributed by atoms with Crippen LogP contribution < -0.4 is 10.6 Å². The Hall–Kier alpha value is -2.04. The van der Waals surface area contributed by atoms with Gasteiger partial charge < -0.3 is 15.1 Å². The van der Waals surface area contributed by atoms with Crippen LogP contribution in [0.15, 0.2) is 16.5 Å². The zero-order chi connectivity index (χ0) is 15.6. The average Bonchev–Trinajstić information content (AvgIpc) is 2.77. The van der Waals surface area contributed by atoms with Gasteiger partial charge in [-0.2, -0.15) is 0 Å². The summed E-state index contributed by atoms with van der Waals surface area (Å²) in [6.07, 6.45) is 0. The molecule has 21 heavy (non-hydrogen) atoms. The largest absolute Gasteiger partial charge is 0.466 e. The number of furan rings is 1. The predicted molar refractivity (Wildman–Crippen MR) is 85.9 cm³/mol. The number of nitrogens with zero attached hydrogens (tertiary/aromatic N) is 2. The van der Waals surface area contributed by atoms with E-state index in [9.17, 15) is 0 Å². The van der Waals surface area contributed by atoms with Crippen LogP contribution in [-0.2, 0) is 0 Å². The fourth-order valence-electron chi connectivity index (χ4n) is 2.31. The molecule has 0 amide bonds. The van der Waals surface area contributed by atoms with Crippen LogP contribution in [0.4, 0.5) is 11.6 Å². The van der Waals surface area contributed by atoms with E-state index in [2.05, 4.69) is 47.4 Å². The highest BCUT2D eigenvalue weighted by Crippen LogP contribution is 2.25. The molecule has 0 aromatic carbocycles. The van der Waals surface area contributed by atoms with Crippen molar-refractivity contribution in [3.63, 3.8) is 0 Å². The SMILES string of the molecule is CNc1cc(NC(C)c2cc(C)oc2C)nc(C(C)C)n1. The number of anilines is 2. The minimum atomic E-state index is 0.127. The van der Waals surface area contributed by atoms with Gasteiger partial charge in [0.15, 0.2) is 0 Å². The van der Waals surface area contributed by atoms with Crippen LogP contribution in [0.2, 0.25) is 0 Å². The average molecular weight is 288 g/mol. The molecule has 2 N–H and O–H groups in total. The highest BCUT2D eigenvalue weighted by Gasteiger charge is 2.14. The van der Waals surface area contributed by atoms with Gasteiger partial charge in [-0.25, -0.2) is 9.97 Å². The van der Waals surface area contributed by atoms with E-state index in [-0.39, 0.29) is 12.0 Å². The Morgan fingerprint density at radius 2 is 1.71 bits per heavy atom. The molecule has 5 heteroatoms. The Labute approximate surface area is 126 Å². The van der Waals surface area contributed by atoms with Gasteiger partial charge in [-0.3, -0.25) is 0 Å². The lowest BCUT2D eigenvalue weighted by Crippen LogP contribution is -2.11. The van der Waals surface area contributed by atoms with E-state index in [4.69, 9.17) is 4.42 Å². The second kappa shape index (κ2) is 6.16. The minimum Gasteiger partial charge on any atom is -0.466 e. The van der Waals surface area contributed by atoms with Crippen molar-refractivity contribution < 1.29 is 4.42 Å². The van der Waals surface area contributed by atoms with Crippen LogP contribution in [0.25, 0.3) is 0 Å². The van der Waals surface area contributed by atoms with E-state index in [0.717, 1.165) is 34.5 Å². The van der Waals surface area contributed by atoms with Crippen LogP contribution in [0.3, 0.4) is 0 Å². The van der Waals surface area contributed by atoms with Crippen molar-refractivity contribution in [1.82, 2.24) is 9.97 Å². The molecule has 0 aliphatic heterocycles. The summed E-state index contributed by atoms with van der Waals surface area (Å²) in [7, 11) is 1.86. The molecule has 1 atom stereocenters. The normalized spacial score (nSPS) is 12.5. The second-order valence-electron chi connectivity index (χ2n) is 5.64. The summed E-state index contributed by atoms with van der Waals surface area (Å²) in [4.78, 5) is 9.06. The first-order valence-electron chi connectivity index (χ1n) is 7.31. The summed E-state index contributed by atoms with van der Waals surface area (Å²) < 4.78 is 5.60. The molecule has 2 aromatic heterocycles. The number of hydrogen-bond acceptors (Lipinski definition) is 5. The van der Waals surface area contributed by atoms with Gasteiger partial charge in [0, 0.05) is 24.6 Å². The van der Waals surface area contributed by atoms with Crippen molar-refractivity contribution in [3.8, 4) is 0 Å². The van der Waals surface area contributed by atoms with Gasteiger partial charge in [0.05, 0.1) is 6.04 Å². The molecule has 0 spiro atoms. The maximum absolute atomic E-state index is 5.60. The van der Waals surface area contributed by atoms with E-state index in [1.165, 1.54) is 0 Å². The molecule has 0 aliphatic carbocycles. The maximum Gasteiger partial charge on any atom is 0.135 e. The Morgan fingerprint density at radius 3 is 2.24 bits per heavy atom. The molecule has 0 saturated carbocycles. The molecule has 0 bridgehead atoms. The fraction of sp³-hybridized carbons (Fsp3) is 0.500. The van der Waals surface area contributed by atoms with Gasteiger partial charge >= 0.3 is 0 Å². The highest BCUT2D eigenvalue weighted by atomic mass is 16.3. The molecule has 5 nitrogen and oxygen atoms in total. The quantitative estimate of drug-likeness (QED) is 0.870. The summed E-state index contributed by atoms with van der Waals surface area (Å²) in [6, 6.07) is 4.11. The van der Waals surface area contributed by atoms with Gasteiger partial charge in [-0.1, -0.05) is 13.8 Å². The van der Waals surface area contributed by atoms with Crippen LogP contribution in [0.5, 0.6) is 0 Å². The van der Waals surface area contributed by atoms with E-state index in [0.29, 0.717) is 0 Å². The van der Waals surface area contributed by atoms with Crippen molar-refractivity contribution in [2.75, 3.05) is 17.7 Å². The van der Waals surface area contributed by atoms with Gasteiger partial charge in [0.25, 0.3) is 0 Å². The summed E-state index contributed by atoms with van der Waals surface area (Å²) >= 11 is 0. The Bertz CT molecular complexity index is 619. The standard InChI is InChI=1S/C16H24N4O/c1-9(2)16-19-14(17-6)8-15(20-16)18-11(4)13-7-10(3)21-12(13)5/h7-9,11H,1-6H3,(H2,17,18,19,20). The molecule has 2 heterocycles. The first-order valence-corrected chi connectivity index (χ1v) is 7.31. The number of aromatic nitrogens is 2. The number of hydrogen-bond donors (Lipinski definition) is 2. The first-order chi connectivity index (χ1) is 9.90. The smallest absolute Gasteiger partial charge is 0.135 e. The lowest BCUT2D eigenvalue weighted by atomic mass is 10.1. The number of nitrogens with one attached hydrogen (secondary N) is 2. The minimum absolute atomic E-state index is 0.127.